The summed E-state index contributed by atoms with van der Waals surface area (Å²) in [6, 6.07) is 5.06. The molecule has 1 amide bonds. The van der Waals surface area contributed by atoms with E-state index in [2.05, 4.69) is 5.32 Å². The van der Waals surface area contributed by atoms with Crippen molar-refractivity contribution >= 4 is 17.4 Å². The van der Waals surface area contributed by atoms with Crippen LogP contribution in [0.4, 0.5) is 5.69 Å². The lowest BCUT2D eigenvalue weighted by atomic mass is 10.0. The standard InChI is InChI=1S/C11H11NO3/c1-7(13)12-8-2-3-9-10(14)4-5-15-11(9)6-8/h2-3,6H,4-5H2,1H3,(H,12,13). The molecule has 0 atom stereocenters. The first-order valence-corrected chi connectivity index (χ1v) is 4.74. The summed E-state index contributed by atoms with van der Waals surface area (Å²) in [6.45, 7) is 1.85. The first-order valence-electron chi connectivity index (χ1n) is 4.74. The van der Waals surface area contributed by atoms with Gasteiger partial charge in [-0.2, -0.15) is 0 Å². The van der Waals surface area contributed by atoms with E-state index in [1.165, 1.54) is 6.92 Å². The fraction of sp³-hybridized carbons (Fsp3) is 0.273. The van der Waals surface area contributed by atoms with E-state index in [9.17, 15) is 9.59 Å². The topological polar surface area (TPSA) is 55.4 Å². The third-order valence-electron chi connectivity index (χ3n) is 2.19. The SMILES string of the molecule is CC(=O)Nc1ccc2c(c1)OCCC2=O. The van der Waals surface area contributed by atoms with Gasteiger partial charge in [-0.1, -0.05) is 0 Å². The Labute approximate surface area is 87.2 Å². The van der Waals surface area contributed by atoms with Gasteiger partial charge in [0, 0.05) is 25.1 Å². The molecule has 0 bridgehead atoms. The smallest absolute Gasteiger partial charge is 0.221 e. The van der Waals surface area contributed by atoms with Crippen LogP contribution in [0, 0.1) is 0 Å². The fourth-order valence-electron chi connectivity index (χ4n) is 1.54. The molecule has 0 spiro atoms. The maximum Gasteiger partial charge on any atom is 0.221 e. The summed E-state index contributed by atoms with van der Waals surface area (Å²) < 4.78 is 5.34. The van der Waals surface area contributed by atoms with Gasteiger partial charge in [0.2, 0.25) is 5.91 Å². The Hall–Kier alpha value is -1.84. The molecular formula is C11H11NO3. The van der Waals surface area contributed by atoms with E-state index in [0.717, 1.165) is 0 Å². The zero-order valence-corrected chi connectivity index (χ0v) is 8.37. The highest BCUT2D eigenvalue weighted by atomic mass is 16.5. The van der Waals surface area contributed by atoms with Crippen molar-refractivity contribution < 1.29 is 14.3 Å². The summed E-state index contributed by atoms with van der Waals surface area (Å²) >= 11 is 0. The average Bonchev–Trinajstić information content (AvgIpc) is 2.17. The van der Waals surface area contributed by atoms with Gasteiger partial charge in [-0.15, -0.1) is 0 Å². The number of rotatable bonds is 1. The molecule has 0 aliphatic carbocycles. The van der Waals surface area contributed by atoms with E-state index in [-0.39, 0.29) is 11.7 Å². The van der Waals surface area contributed by atoms with E-state index < -0.39 is 0 Å². The Kier molecular flexibility index (Phi) is 2.41. The van der Waals surface area contributed by atoms with Gasteiger partial charge in [-0.25, -0.2) is 0 Å². The van der Waals surface area contributed by atoms with E-state index in [1.54, 1.807) is 18.2 Å². The third-order valence-corrected chi connectivity index (χ3v) is 2.19. The number of hydrogen-bond donors (Lipinski definition) is 1. The molecule has 1 aliphatic heterocycles. The Morgan fingerprint density at radius 1 is 1.47 bits per heavy atom. The molecule has 1 aliphatic rings. The van der Waals surface area contributed by atoms with E-state index >= 15 is 0 Å². The second kappa shape index (κ2) is 3.73. The van der Waals surface area contributed by atoms with Crippen molar-refractivity contribution in [3.8, 4) is 5.75 Å². The highest BCUT2D eigenvalue weighted by molar-refractivity contribution is 6.00. The average molecular weight is 205 g/mol. The van der Waals surface area contributed by atoms with Crippen LogP contribution in [0.25, 0.3) is 0 Å². The summed E-state index contributed by atoms with van der Waals surface area (Å²) in [7, 11) is 0. The molecular weight excluding hydrogens is 194 g/mol. The van der Waals surface area contributed by atoms with Crippen LogP contribution in [-0.4, -0.2) is 18.3 Å². The molecule has 78 valence electrons. The first-order chi connectivity index (χ1) is 7.16. The molecule has 0 saturated heterocycles. The monoisotopic (exact) mass is 205 g/mol. The van der Waals surface area contributed by atoms with Crippen LogP contribution in [0.1, 0.15) is 23.7 Å². The van der Waals surface area contributed by atoms with E-state index in [4.69, 9.17) is 4.74 Å². The van der Waals surface area contributed by atoms with Gasteiger partial charge >= 0.3 is 0 Å². The number of nitrogens with one attached hydrogen (secondary N) is 1. The molecule has 1 aromatic carbocycles. The summed E-state index contributed by atoms with van der Waals surface area (Å²) in [4.78, 5) is 22.3. The predicted octanol–water partition coefficient (Wildman–Crippen LogP) is 1.61. The number of ether oxygens (including phenoxy) is 1. The lowest BCUT2D eigenvalue weighted by molar-refractivity contribution is -0.114. The van der Waals surface area contributed by atoms with Gasteiger partial charge in [-0.3, -0.25) is 9.59 Å². The second-order valence-corrected chi connectivity index (χ2v) is 3.41. The predicted molar refractivity (Wildman–Crippen MR) is 55.2 cm³/mol. The van der Waals surface area contributed by atoms with Gasteiger partial charge in [0.05, 0.1) is 12.2 Å². The van der Waals surface area contributed by atoms with Gasteiger partial charge in [0.25, 0.3) is 0 Å². The highest BCUT2D eigenvalue weighted by Crippen LogP contribution is 2.27. The number of anilines is 1. The van der Waals surface area contributed by atoms with Crippen LogP contribution in [0.3, 0.4) is 0 Å². The molecule has 1 heterocycles. The van der Waals surface area contributed by atoms with Gasteiger partial charge < -0.3 is 10.1 Å². The molecule has 0 radical (unpaired) electrons. The zero-order valence-electron chi connectivity index (χ0n) is 8.37. The summed E-state index contributed by atoms with van der Waals surface area (Å²) in [5.41, 5.74) is 1.24. The highest BCUT2D eigenvalue weighted by Gasteiger charge is 2.18. The number of carbonyl (C=O) groups excluding carboxylic acids is 2. The maximum absolute atomic E-state index is 11.5. The van der Waals surface area contributed by atoms with Gasteiger partial charge in [0.1, 0.15) is 5.75 Å². The number of Topliss-reactive ketones (excluding diaryl/α,β-unsaturated/α-hetero) is 1. The van der Waals surface area contributed by atoms with Gasteiger partial charge in [0.15, 0.2) is 5.78 Å². The molecule has 0 fully saturated rings. The minimum Gasteiger partial charge on any atom is -0.492 e. The molecule has 15 heavy (non-hydrogen) atoms. The van der Waals surface area contributed by atoms with Crippen molar-refractivity contribution in [1.82, 2.24) is 0 Å². The van der Waals surface area contributed by atoms with Crippen molar-refractivity contribution in [3.63, 3.8) is 0 Å². The van der Waals surface area contributed by atoms with Crippen molar-refractivity contribution in [2.24, 2.45) is 0 Å². The fourth-order valence-corrected chi connectivity index (χ4v) is 1.54. The molecule has 2 rings (SSSR count). The third kappa shape index (κ3) is 1.98. The summed E-state index contributed by atoms with van der Waals surface area (Å²) in [5, 5.41) is 2.64. The lowest BCUT2D eigenvalue weighted by Crippen LogP contribution is -2.15. The summed E-state index contributed by atoms with van der Waals surface area (Å²) in [5.74, 6) is 0.500. The molecule has 4 nitrogen and oxygen atoms in total. The Morgan fingerprint density at radius 2 is 2.27 bits per heavy atom. The van der Waals surface area contributed by atoms with E-state index in [0.29, 0.717) is 30.0 Å². The molecule has 0 aromatic heterocycles. The maximum atomic E-state index is 11.5. The van der Waals surface area contributed by atoms with Crippen molar-refractivity contribution in [1.29, 1.82) is 0 Å². The van der Waals surface area contributed by atoms with Gasteiger partial charge in [-0.05, 0) is 12.1 Å². The molecule has 0 saturated carbocycles. The quantitative estimate of drug-likeness (QED) is 0.757. The second-order valence-electron chi connectivity index (χ2n) is 3.41. The van der Waals surface area contributed by atoms with Crippen molar-refractivity contribution in [3.05, 3.63) is 23.8 Å². The Bertz CT molecular complexity index is 426. The Balaban J connectivity index is 2.33. The van der Waals surface area contributed by atoms with Crippen LogP contribution in [0.15, 0.2) is 18.2 Å². The van der Waals surface area contributed by atoms with Crippen LogP contribution in [0.5, 0.6) is 5.75 Å². The number of fused-ring (bicyclic) bond motifs is 1. The number of amides is 1. The Morgan fingerprint density at radius 3 is 3.00 bits per heavy atom. The van der Waals surface area contributed by atoms with E-state index in [1.807, 2.05) is 0 Å². The molecule has 1 aromatic rings. The van der Waals surface area contributed by atoms with Crippen LogP contribution in [0.2, 0.25) is 0 Å². The normalized spacial score (nSPS) is 14.1. The van der Waals surface area contributed by atoms with Crippen LogP contribution in [-0.2, 0) is 4.79 Å². The number of carbonyl (C=O) groups is 2. The number of benzene rings is 1. The molecule has 1 N–H and O–H groups in total. The minimum atomic E-state index is -0.142. The summed E-state index contributed by atoms with van der Waals surface area (Å²) in [6.07, 6.45) is 0.423. The zero-order chi connectivity index (χ0) is 10.8. The molecule has 0 unspecified atom stereocenters. The number of hydrogen-bond acceptors (Lipinski definition) is 3. The minimum absolute atomic E-state index is 0.0885. The number of ketones is 1. The van der Waals surface area contributed by atoms with Crippen LogP contribution >= 0.6 is 0 Å². The largest absolute Gasteiger partial charge is 0.492 e. The van der Waals surface area contributed by atoms with Crippen molar-refractivity contribution in [2.45, 2.75) is 13.3 Å². The first kappa shape index (κ1) is 9.71. The lowest BCUT2D eigenvalue weighted by Gasteiger charge is -2.16. The molecule has 4 heteroatoms. The van der Waals surface area contributed by atoms with Crippen molar-refractivity contribution in [2.75, 3.05) is 11.9 Å². The van der Waals surface area contributed by atoms with Crippen LogP contribution < -0.4 is 10.1 Å².